The SMILES string of the molecule is Cc1cc(C)cc(C(O)c2cnc3ccccc3c2)c1. The second-order valence-electron chi connectivity index (χ2n) is 5.28. The Morgan fingerprint density at radius 2 is 1.60 bits per heavy atom. The van der Waals surface area contributed by atoms with Gasteiger partial charge in [0.15, 0.2) is 0 Å². The molecule has 3 rings (SSSR count). The largest absolute Gasteiger partial charge is 0.384 e. The van der Waals surface area contributed by atoms with Gasteiger partial charge in [0, 0.05) is 17.1 Å². The van der Waals surface area contributed by atoms with Crippen LogP contribution in [0.5, 0.6) is 0 Å². The number of aryl methyl sites for hydroxylation is 2. The van der Waals surface area contributed by atoms with E-state index in [0.29, 0.717) is 0 Å². The minimum atomic E-state index is -0.634. The zero-order valence-corrected chi connectivity index (χ0v) is 11.7. The Morgan fingerprint density at radius 1 is 0.900 bits per heavy atom. The Bertz CT molecular complexity index is 744. The van der Waals surface area contributed by atoms with Crippen LogP contribution in [0, 0.1) is 13.8 Å². The van der Waals surface area contributed by atoms with Crippen LogP contribution >= 0.6 is 0 Å². The molecule has 0 amide bonds. The van der Waals surface area contributed by atoms with Crippen LogP contribution in [0.25, 0.3) is 10.9 Å². The molecule has 1 heterocycles. The van der Waals surface area contributed by atoms with Crippen molar-refractivity contribution in [2.75, 3.05) is 0 Å². The Kier molecular flexibility index (Phi) is 3.25. The average Bonchev–Trinajstić information content (AvgIpc) is 2.45. The molecule has 100 valence electrons. The summed E-state index contributed by atoms with van der Waals surface area (Å²) in [5.74, 6) is 0. The summed E-state index contributed by atoms with van der Waals surface area (Å²) in [5.41, 5.74) is 5.01. The van der Waals surface area contributed by atoms with Crippen LogP contribution in [-0.4, -0.2) is 10.1 Å². The molecule has 2 heteroatoms. The Balaban J connectivity index is 2.05. The van der Waals surface area contributed by atoms with Gasteiger partial charge in [-0.15, -0.1) is 0 Å². The fraction of sp³-hybridized carbons (Fsp3) is 0.167. The third-order valence-electron chi connectivity index (χ3n) is 3.49. The van der Waals surface area contributed by atoms with Gasteiger partial charge in [-0.2, -0.15) is 0 Å². The zero-order valence-electron chi connectivity index (χ0n) is 11.7. The lowest BCUT2D eigenvalue weighted by Crippen LogP contribution is -2.01. The molecule has 0 aliphatic carbocycles. The van der Waals surface area contributed by atoms with Crippen LogP contribution in [0.1, 0.15) is 28.4 Å². The van der Waals surface area contributed by atoms with Gasteiger partial charge in [-0.3, -0.25) is 4.98 Å². The predicted molar refractivity (Wildman–Crippen MR) is 81.7 cm³/mol. The van der Waals surface area contributed by atoms with Crippen molar-refractivity contribution < 1.29 is 5.11 Å². The van der Waals surface area contributed by atoms with E-state index in [-0.39, 0.29) is 0 Å². The summed E-state index contributed by atoms with van der Waals surface area (Å²) in [7, 11) is 0. The third kappa shape index (κ3) is 2.43. The van der Waals surface area contributed by atoms with E-state index in [2.05, 4.69) is 11.1 Å². The molecule has 1 N–H and O–H groups in total. The van der Waals surface area contributed by atoms with E-state index < -0.39 is 6.10 Å². The Morgan fingerprint density at radius 3 is 2.35 bits per heavy atom. The number of aromatic nitrogens is 1. The topological polar surface area (TPSA) is 33.1 Å². The first-order chi connectivity index (χ1) is 9.63. The van der Waals surface area contributed by atoms with Gasteiger partial charge in [0.25, 0.3) is 0 Å². The molecule has 1 aromatic heterocycles. The molecular formula is C18H17NO. The molecule has 1 atom stereocenters. The first-order valence-corrected chi connectivity index (χ1v) is 6.74. The standard InChI is InChI=1S/C18H17NO/c1-12-7-13(2)9-15(8-12)18(20)16-10-14-5-3-4-6-17(14)19-11-16/h3-11,18,20H,1-2H3. The fourth-order valence-electron chi connectivity index (χ4n) is 2.60. The highest BCUT2D eigenvalue weighted by Gasteiger charge is 2.12. The number of para-hydroxylation sites is 1. The summed E-state index contributed by atoms with van der Waals surface area (Å²) in [5, 5.41) is 11.6. The van der Waals surface area contributed by atoms with Gasteiger partial charge < -0.3 is 5.11 Å². The van der Waals surface area contributed by atoms with Crippen molar-refractivity contribution in [2.45, 2.75) is 20.0 Å². The number of nitrogens with zero attached hydrogens (tertiary/aromatic N) is 1. The van der Waals surface area contributed by atoms with Gasteiger partial charge in [-0.25, -0.2) is 0 Å². The monoisotopic (exact) mass is 263 g/mol. The quantitative estimate of drug-likeness (QED) is 0.760. The number of aliphatic hydroxyl groups is 1. The molecular weight excluding hydrogens is 246 g/mol. The average molecular weight is 263 g/mol. The molecule has 3 aromatic rings. The minimum Gasteiger partial charge on any atom is -0.384 e. The minimum absolute atomic E-state index is 0.634. The van der Waals surface area contributed by atoms with Crippen LogP contribution in [0.2, 0.25) is 0 Å². The molecule has 0 bridgehead atoms. The maximum absolute atomic E-state index is 10.6. The molecule has 0 aliphatic rings. The number of hydrogen-bond acceptors (Lipinski definition) is 2. The van der Waals surface area contributed by atoms with E-state index in [1.807, 2.05) is 56.3 Å². The van der Waals surface area contributed by atoms with E-state index in [0.717, 1.165) is 33.2 Å². The van der Waals surface area contributed by atoms with E-state index in [1.54, 1.807) is 6.20 Å². The van der Waals surface area contributed by atoms with Gasteiger partial charge in [-0.05, 0) is 31.5 Å². The van der Waals surface area contributed by atoms with Crippen molar-refractivity contribution in [3.05, 3.63) is 77.0 Å². The maximum atomic E-state index is 10.6. The van der Waals surface area contributed by atoms with E-state index in [1.165, 1.54) is 0 Å². The smallest absolute Gasteiger partial charge is 0.106 e. The van der Waals surface area contributed by atoms with Gasteiger partial charge in [0.05, 0.1) is 5.52 Å². The van der Waals surface area contributed by atoms with Crippen LogP contribution in [0.3, 0.4) is 0 Å². The summed E-state index contributed by atoms with van der Waals surface area (Å²) in [4.78, 5) is 4.41. The molecule has 0 saturated carbocycles. The number of hydrogen-bond donors (Lipinski definition) is 1. The van der Waals surface area contributed by atoms with Gasteiger partial charge in [0.1, 0.15) is 6.10 Å². The van der Waals surface area contributed by atoms with Crippen LogP contribution in [0.15, 0.2) is 54.7 Å². The van der Waals surface area contributed by atoms with Crippen LogP contribution < -0.4 is 0 Å². The highest BCUT2D eigenvalue weighted by molar-refractivity contribution is 5.78. The van der Waals surface area contributed by atoms with Crippen molar-refractivity contribution >= 4 is 10.9 Å². The van der Waals surface area contributed by atoms with E-state index in [9.17, 15) is 5.11 Å². The highest BCUT2D eigenvalue weighted by atomic mass is 16.3. The molecule has 0 fully saturated rings. The van der Waals surface area contributed by atoms with Crippen molar-refractivity contribution in [1.29, 1.82) is 0 Å². The lowest BCUT2D eigenvalue weighted by atomic mass is 9.98. The van der Waals surface area contributed by atoms with Crippen molar-refractivity contribution in [2.24, 2.45) is 0 Å². The van der Waals surface area contributed by atoms with Crippen molar-refractivity contribution in [3.63, 3.8) is 0 Å². The summed E-state index contributed by atoms with van der Waals surface area (Å²) < 4.78 is 0. The number of aliphatic hydroxyl groups excluding tert-OH is 1. The molecule has 2 nitrogen and oxygen atoms in total. The molecule has 0 saturated heterocycles. The first-order valence-electron chi connectivity index (χ1n) is 6.74. The molecule has 0 radical (unpaired) electrons. The van der Waals surface area contributed by atoms with E-state index >= 15 is 0 Å². The van der Waals surface area contributed by atoms with Crippen molar-refractivity contribution in [3.8, 4) is 0 Å². The van der Waals surface area contributed by atoms with E-state index in [4.69, 9.17) is 0 Å². The molecule has 20 heavy (non-hydrogen) atoms. The normalized spacial score (nSPS) is 12.6. The molecule has 1 unspecified atom stereocenters. The number of benzene rings is 2. The van der Waals surface area contributed by atoms with Crippen LogP contribution in [-0.2, 0) is 0 Å². The second-order valence-corrected chi connectivity index (χ2v) is 5.28. The zero-order chi connectivity index (χ0) is 14.1. The summed E-state index contributed by atoms with van der Waals surface area (Å²) >= 11 is 0. The lowest BCUT2D eigenvalue weighted by Gasteiger charge is -2.13. The first kappa shape index (κ1) is 12.8. The van der Waals surface area contributed by atoms with Gasteiger partial charge in [-0.1, -0.05) is 47.5 Å². The Hall–Kier alpha value is -2.19. The number of rotatable bonds is 2. The predicted octanol–water partition coefficient (Wildman–Crippen LogP) is 3.93. The number of fused-ring (bicyclic) bond motifs is 1. The highest BCUT2D eigenvalue weighted by Crippen LogP contribution is 2.25. The van der Waals surface area contributed by atoms with Crippen LogP contribution in [0.4, 0.5) is 0 Å². The maximum Gasteiger partial charge on any atom is 0.106 e. The number of pyridine rings is 1. The molecule has 0 aliphatic heterocycles. The third-order valence-corrected chi connectivity index (χ3v) is 3.49. The van der Waals surface area contributed by atoms with Crippen molar-refractivity contribution in [1.82, 2.24) is 4.98 Å². The second kappa shape index (κ2) is 5.06. The fourth-order valence-corrected chi connectivity index (χ4v) is 2.60. The summed E-state index contributed by atoms with van der Waals surface area (Å²) in [6, 6.07) is 16.1. The Labute approximate surface area is 118 Å². The van der Waals surface area contributed by atoms with Gasteiger partial charge in [0.2, 0.25) is 0 Å². The molecule has 0 spiro atoms. The summed E-state index contributed by atoms with van der Waals surface area (Å²) in [6.45, 7) is 4.09. The van der Waals surface area contributed by atoms with Gasteiger partial charge >= 0.3 is 0 Å². The summed E-state index contributed by atoms with van der Waals surface area (Å²) in [6.07, 6.45) is 1.12. The molecule has 2 aromatic carbocycles. The lowest BCUT2D eigenvalue weighted by molar-refractivity contribution is 0.220.